The Hall–Kier alpha value is -3.73. The first-order valence-corrected chi connectivity index (χ1v) is 18.0. The standard InChI is InChI=1S/C17H20O4S.C10H14O2.C7H7ClO2S/c1-4-5-14-8-11-16(17(12-14)20-3)21-22(18,19)15-9-6-13(2)7-10-15;1-3-4-8-5-6-9(11)10(7-8)12-2;1-6-2-4-7(5-3-6)11(8,9)10/h6-12H,4-5H2,1-3H3;5-7,11H,3-4H2,1-2H3;2-5H,1H3. The van der Waals surface area contributed by atoms with Crippen LogP contribution in [0, 0.1) is 13.8 Å². The van der Waals surface area contributed by atoms with Crippen LogP contribution in [0.5, 0.6) is 23.0 Å². The minimum Gasteiger partial charge on any atom is -0.504 e. The van der Waals surface area contributed by atoms with Crippen LogP contribution < -0.4 is 13.7 Å². The fourth-order valence-corrected chi connectivity index (χ4v) is 5.67. The maximum atomic E-state index is 12.3. The lowest BCUT2D eigenvalue weighted by Gasteiger charge is -2.12. The Morgan fingerprint density at radius 1 is 0.622 bits per heavy atom. The normalized spacial score (nSPS) is 10.9. The number of phenols is 1. The number of benzene rings is 4. The van der Waals surface area contributed by atoms with E-state index in [9.17, 15) is 21.9 Å². The van der Waals surface area contributed by atoms with Gasteiger partial charge in [0.15, 0.2) is 23.0 Å². The topological polar surface area (TPSA) is 116 Å². The number of rotatable bonds is 10. The van der Waals surface area contributed by atoms with Gasteiger partial charge in [0, 0.05) is 10.7 Å². The molecule has 1 N–H and O–H groups in total. The van der Waals surface area contributed by atoms with E-state index in [0.29, 0.717) is 11.5 Å². The molecule has 45 heavy (non-hydrogen) atoms. The summed E-state index contributed by atoms with van der Waals surface area (Å²) in [5.74, 6) is 1.38. The van der Waals surface area contributed by atoms with Crippen LogP contribution in [0.2, 0.25) is 0 Å². The van der Waals surface area contributed by atoms with Gasteiger partial charge in [0.2, 0.25) is 0 Å². The summed E-state index contributed by atoms with van der Waals surface area (Å²) in [6.45, 7) is 7.98. The second kappa shape index (κ2) is 17.7. The zero-order valence-electron chi connectivity index (χ0n) is 26.4. The molecule has 0 amide bonds. The van der Waals surface area contributed by atoms with Crippen molar-refractivity contribution < 1.29 is 35.6 Å². The van der Waals surface area contributed by atoms with E-state index in [2.05, 4.69) is 13.8 Å². The molecule has 0 bridgehead atoms. The molecule has 11 heteroatoms. The quantitative estimate of drug-likeness (QED) is 0.133. The van der Waals surface area contributed by atoms with Crippen molar-refractivity contribution in [3.8, 4) is 23.0 Å². The van der Waals surface area contributed by atoms with Crippen molar-refractivity contribution in [3.05, 3.63) is 107 Å². The molecule has 8 nitrogen and oxygen atoms in total. The van der Waals surface area contributed by atoms with E-state index in [1.165, 1.54) is 36.9 Å². The van der Waals surface area contributed by atoms with Gasteiger partial charge in [0.05, 0.1) is 19.1 Å². The number of aryl methyl sites for hydroxylation is 4. The molecular weight excluding hydrogens is 636 g/mol. The van der Waals surface area contributed by atoms with E-state index < -0.39 is 19.2 Å². The first-order chi connectivity index (χ1) is 21.2. The largest absolute Gasteiger partial charge is 0.504 e. The number of hydrogen-bond acceptors (Lipinski definition) is 8. The summed E-state index contributed by atoms with van der Waals surface area (Å²) in [5.41, 5.74) is 4.28. The van der Waals surface area contributed by atoms with E-state index in [1.54, 1.807) is 43.5 Å². The number of methoxy groups -OCH3 is 2. The fraction of sp³-hybridized carbons (Fsp3) is 0.294. The molecule has 0 radical (unpaired) electrons. The third kappa shape index (κ3) is 12.3. The molecule has 0 atom stereocenters. The van der Waals surface area contributed by atoms with Crippen LogP contribution in [0.4, 0.5) is 0 Å². The lowest BCUT2D eigenvalue weighted by molar-refractivity contribution is 0.373. The third-order valence-corrected chi connectivity index (χ3v) is 8.98. The maximum Gasteiger partial charge on any atom is 0.339 e. The van der Waals surface area contributed by atoms with Gasteiger partial charge in [-0.25, -0.2) is 8.42 Å². The number of hydrogen-bond donors (Lipinski definition) is 1. The molecule has 0 aliphatic carbocycles. The molecule has 0 saturated carbocycles. The van der Waals surface area contributed by atoms with Gasteiger partial charge in [0.1, 0.15) is 4.90 Å². The molecule has 0 saturated heterocycles. The zero-order valence-corrected chi connectivity index (χ0v) is 28.8. The Morgan fingerprint density at radius 2 is 1.07 bits per heavy atom. The number of halogens is 1. The van der Waals surface area contributed by atoms with E-state index in [4.69, 9.17) is 24.3 Å². The van der Waals surface area contributed by atoms with Crippen molar-refractivity contribution in [3.63, 3.8) is 0 Å². The average molecular weight is 677 g/mol. The Balaban J connectivity index is 0.000000259. The van der Waals surface area contributed by atoms with Crippen LogP contribution in [-0.4, -0.2) is 36.2 Å². The minimum absolute atomic E-state index is 0.123. The fourth-order valence-electron chi connectivity index (χ4n) is 3.96. The van der Waals surface area contributed by atoms with E-state index in [0.717, 1.165) is 42.4 Å². The second-order valence-corrected chi connectivity index (χ2v) is 14.2. The van der Waals surface area contributed by atoms with E-state index >= 15 is 0 Å². The zero-order chi connectivity index (χ0) is 33.6. The first-order valence-electron chi connectivity index (χ1n) is 14.3. The van der Waals surface area contributed by atoms with Crippen molar-refractivity contribution in [2.24, 2.45) is 0 Å². The molecule has 0 fully saturated rings. The highest BCUT2D eigenvalue weighted by atomic mass is 35.7. The van der Waals surface area contributed by atoms with E-state index in [1.807, 2.05) is 38.1 Å². The van der Waals surface area contributed by atoms with Gasteiger partial charge in [-0.1, -0.05) is 74.2 Å². The first kappa shape index (κ1) is 37.5. The Labute approximate surface area is 272 Å². The Morgan fingerprint density at radius 3 is 1.51 bits per heavy atom. The summed E-state index contributed by atoms with van der Waals surface area (Å²) in [4.78, 5) is 0.266. The predicted molar refractivity (Wildman–Crippen MR) is 179 cm³/mol. The molecular formula is C34H41ClO8S2. The molecule has 0 aromatic heterocycles. The Bertz CT molecular complexity index is 1720. The average Bonchev–Trinajstić information content (AvgIpc) is 2.99. The number of ether oxygens (including phenoxy) is 2. The van der Waals surface area contributed by atoms with Crippen LogP contribution in [0.3, 0.4) is 0 Å². The highest BCUT2D eigenvalue weighted by Gasteiger charge is 2.19. The molecule has 0 unspecified atom stereocenters. The van der Waals surface area contributed by atoms with Crippen LogP contribution in [-0.2, 0) is 32.0 Å². The van der Waals surface area contributed by atoms with E-state index in [-0.39, 0.29) is 21.3 Å². The van der Waals surface area contributed by atoms with Crippen LogP contribution in [0.25, 0.3) is 0 Å². The molecule has 0 aliphatic heterocycles. The molecule has 4 aromatic carbocycles. The highest BCUT2D eigenvalue weighted by molar-refractivity contribution is 8.13. The highest BCUT2D eigenvalue weighted by Crippen LogP contribution is 2.31. The van der Waals surface area contributed by atoms with Gasteiger partial charge < -0.3 is 18.8 Å². The molecule has 0 spiro atoms. The predicted octanol–water partition coefficient (Wildman–Crippen LogP) is 8.00. The summed E-state index contributed by atoms with van der Waals surface area (Å²) < 4.78 is 61.5. The number of aromatic hydroxyl groups is 1. The van der Waals surface area contributed by atoms with Crippen molar-refractivity contribution in [1.29, 1.82) is 0 Å². The molecule has 4 aromatic rings. The summed E-state index contributed by atoms with van der Waals surface area (Å²) in [6, 6.07) is 23.7. The van der Waals surface area contributed by atoms with Gasteiger partial charge in [-0.05, 0) is 86.3 Å². The second-order valence-electron chi connectivity index (χ2n) is 10.1. The third-order valence-electron chi connectivity index (χ3n) is 6.36. The lowest BCUT2D eigenvalue weighted by Crippen LogP contribution is -2.10. The van der Waals surface area contributed by atoms with Crippen molar-refractivity contribution in [2.75, 3.05) is 14.2 Å². The monoisotopic (exact) mass is 676 g/mol. The number of phenolic OH excluding ortho intramolecular Hbond substituents is 1. The van der Waals surface area contributed by atoms with Crippen molar-refractivity contribution in [1.82, 2.24) is 0 Å². The van der Waals surface area contributed by atoms with Crippen LogP contribution >= 0.6 is 10.7 Å². The van der Waals surface area contributed by atoms with Gasteiger partial charge in [-0.3, -0.25) is 0 Å². The summed E-state index contributed by atoms with van der Waals surface area (Å²) in [7, 11) is 0.725. The lowest BCUT2D eigenvalue weighted by atomic mass is 10.1. The maximum absolute atomic E-state index is 12.3. The summed E-state index contributed by atoms with van der Waals surface area (Å²) >= 11 is 0. The van der Waals surface area contributed by atoms with Gasteiger partial charge in [-0.2, -0.15) is 8.42 Å². The van der Waals surface area contributed by atoms with Crippen LogP contribution in [0.15, 0.2) is 94.7 Å². The van der Waals surface area contributed by atoms with Gasteiger partial charge in [-0.15, -0.1) is 0 Å². The minimum atomic E-state index is -3.87. The van der Waals surface area contributed by atoms with Crippen molar-refractivity contribution in [2.45, 2.75) is 63.2 Å². The molecule has 244 valence electrons. The van der Waals surface area contributed by atoms with Gasteiger partial charge in [0.25, 0.3) is 9.05 Å². The van der Waals surface area contributed by atoms with Crippen molar-refractivity contribution >= 4 is 29.9 Å². The van der Waals surface area contributed by atoms with Gasteiger partial charge >= 0.3 is 10.1 Å². The summed E-state index contributed by atoms with van der Waals surface area (Å²) in [6.07, 6.45) is 4.04. The molecule has 0 heterocycles. The summed E-state index contributed by atoms with van der Waals surface area (Å²) in [5, 5.41) is 9.28. The molecule has 4 rings (SSSR count). The molecule has 0 aliphatic rings. The smallest absolute Gasteiger partial charge is 0.339 e. The SMILES string of the molecule is CCCc1ccc(O)c(OC)c1.CCCc1ccc(OS(=O)(=O)c2ccc(C)cc2)c(OC)c1.Cc1ccc(S(=O)(=O)Cl)cc1. The Kier molecular flexibility index (Phi) is 14.7. The van der Waals surface area contributed by atoms with Crippen LogP contribution in [0.1, 0.15) is 48.9 Å².